The molecule has 16 heavy (non-hydrogen) atoms. The van der Waals surface area contributed by atoms with Crippen LogP contribution in [0.15, 0.2) is 23.1 Å². The predicted octanol–water partition coefficient (Wildman–Crippen LogP) is 3.59. The van der Waals surface area contributed by atoms with Crippen LogP contribution in [0.5, 0.6) is 5.75 Å². The molecular weight excluding hydrogens is 240 g/mol. The van der Waals surface area contributed by atoms with Gasteiger partial charge in [-0.25, -0.2) is 0 Å². The normalized spacial score (nSPS) is 15.2. The molecule has 1 aromatic heterocycles. The van der Waals surface area contributed by atoms with Crippen LogP contribution < -0.4 is 4.74 Å². The zero-order valence-corrected chi connectivity index (χ0v) is 10.4. The van der Waals surface area contributed by atoms with E-state index in [0.717, 1.165) is 26.7 Å². The van der Waals surface area contributed by atoms with Gasteiger partial charge in [-0.3, -0.25) is 4.79 Å². The maximum atomic E-state index is 11.8. The summed E-state index contributed by atoms with van der Waals surface area (Å²) in [7, 11) is 1.66. The highest BCUT2D eigenvalue weighted by atomic mass is 32.2. The number of ether oxygens (including phenoxy) is 1. The van der Waals surface area contributed by atoms with Gasteiger partial charge >= 0.3 is 0 Å². The summed E-state index contributed by atoms with van der Waals surface area (Å²) >= 11 is 3.38. The Morgan fingerprint density at radius 2 is 2.25 bits per heavy atom. The van der Waals surface area contributed by atoms with Gasteiger partial charge in [-0.2, -0.15) is 0 Å². The first kappa shape index (κ1) is 10.2. The Labute approximate surface area is 102 Å². The van der Waals surface area contributed by atoms with Gasteiger partial charge in [-0.05, 0) is 18.2 Å². The van der Waals surface area contributed by atoms with E-state index in [0.29, 0.717) is 6.42 Å². The molecule has 0 spiro atoms. The van der Waals surface area contributed by atoms with Crippen molar-refractivity contribution >= 4 is 39.0 Å². The summed E-state index contributed by atoms with van der Waals surface area (Å²) in [5, 5.41) is 1.16. The largest absolute Gasteiger partial charge is 0.497 e. The molecule has 3 rings (SSSR count). The highest BCUT2D eigenvalue weighted by Crippen LogP contribution is 2.43. The fraction of sp³-hybridized carbons (Fsp3) is 0.250. The van der Waals surface area contributed by atoms with Crippen molar-refractivity contribution in [1.29, 1.82) is 0 Å². The Morgan fingerprint density at radius 3 is 3.06 bits per heavy atom. The molecule has 0 bridgehead atoms. The van der Waals surface area contributed by atoms with Crippen molar-refractivity contribution in [3.05, 3.63) is 23.1 Å². The zero-order valence-electron chi connectivity index (χ0n) is 8.78. The summed E-state index contributed by atoms with van der Waals surface area (Å²) in [6, 6.07) is 6.00. The topological polar surface area (TPSA) is 26.3 Å². The number of thioether (sulfide) groups is 1. The molecule has 0 saturated carbocycles. The number of thiophene rings is 1. The summed E-state index contributed by atoms with van der Waals surface area (Å²) in [4.78, 5) is 13.9. The first-order valence-corrected chi connectivity index (χ1v) is 6.86. The number of Topliss-reactive ketones (excluding diaryl/α,β-unsaturated/α-hetero) is 1. The van der Waals surface area contributed by atoms with E-state index in [1.54, 1.807) is 30.2 Å². The van der Waals surface area contributed by atoms with Gasteiger partial charge in [-0.1, -0.05) is 0 Å². The molecule has 0 aliphatic carbocycles. The first-order chi connectivity index (χ1) is 7.79. The number of rotatable bonds is 1. The maximum absolute atomic E-state index is 11.8. The summed E-state index contributed by atoms with van der Waals surface area (Å²) in [6.45, 7) is 0. The van der Waals surface area contributed by atoms with Crippen molar-refractivity contribution in [2.45, 2.75) is 11.3 Å². The molecule has 0 radical (unpaired) electrons. The molecule has 0 saturated heterocycles. The Morgan fingerprint density at radius 1 is 1.38 bits per heavy atom. The van der Waals surface area contributed by atoms with Gasteiger partial charge in [0.2, 0.25) is 0 Å². The molecule has 0 unspecified atom stereocenters. The van der Waals surface area contributed by atoms with E-state index in [9.17, 15) is 4.79 Å². The van der Waals surface area contributed by atoms with Gasteiger partial charge in [-0.15, -0.1) is 23.1 Å². The molecule has 0 amide bonds. The lowest BCUT2D eigenvalue weighted by atomic mass is 10.2. The second kappa shape index (κ2) is 3.79. The number of carbonyl (C=O) groups is 1. The molecule has 0 atom stereocenters. The van der Waals surface area contributed by atoms with E-state index < -0.39 is 0 Å². The molecule has 2 aromatic rings. The summed E-state index contributed by atoms with van der Waals surface area (Å²) in [5.74, 6) is 2.04. The molecule has 4 heteroatoms. The molecule has 1 aliphatic rings. The Kier molecular flexibility index (Phi) is 2.41. The van der Waals surface area contributed by atoms with Crippen LogP contribution in [0, 0.1) is 0 Å². The summed E-state index contributed by atoms with van der Waals surface area (Å²) in [6.07, 6.45) is 0.668. The highest BCUT2D eigenvalue weighted by Gasteiger charge is 2.23. The maximum Gasteiger partial charge on any atom is 0.174 e. The fourth-order valence-corrected chi connectivity index (χ4v) is 4.34. The lowest BCUT2D eigenvalue weighted by molar-refractivity contribution is 0.0989. The zero-order chi connectivity index (χ0) is 11.1. The lowest BCUT2D eigenvalue weighted by Gasteiger charge is -2.09. The van der Waals surface area contributed by atoms with E-state index in [2.05, 4.69) is 0 Å². The lowest BCUT2D eigenvalue weighted by Crippen LogP contribution is -2.04. The fourth-order valence-electron chi connectivity index (χ4n) is 1.87. The monoisotopic (exact) mass is 250 g/mol. The smallest absolute Gasteiger partial charge is 0.174 e. The van der Waals surface area contributed by atoms with E-state index in [-0.39, 0.29) is 5.78 Å². The second-order valence-corrected chi connectivity index (χ2v) is 5.80. The van der Waals surface area contributed by atoms with Crippen LogP contribution >= 0.6 is 23.1 Å². The Balaban J connectivity index is 2.29. The van der Waals surface area contributed by atoms with Crippen molar-refractivity contribution in [3.8, 4) is 5.75 Å². The molecule has 1 aliphatic heterocycles. The third kappa shape index (κ3) is 1.44. The minimum Gasteiger partial charge on any atom is -0.497 e. The molecule has 82 valence electrons. The average Bonchev–Trinajstić information content (AvgIpc) is 2.68. The van der Waals surface area contributed by atoms with Crippen LogP contribution in [-0.2, 0) is 0 Å². The van der Waals surface area contributed by atoms with E-state index in [1.807, 2.05) is 18.2 Å². The number of hydrogen-bond donors (Lipinski definition) is 0. The van der Waals surface area contributed by atoms with Gasteiger partial charge in [0.05, 0.1) is 12.0 Å². The van der Waals surface area contributed by atoms with Gasteiger partial charge in [0.25, 0.3) is 0 Å². The van der Waals surface area contributed by atoms with Crippen LogP contribution in [0.1, 0.15) is 16.1 Å². The van der Waals surface area contributed by atoms with Gasteiger partial charge in [0.1, 0.15) is 5.75 Å². The van der Waals surface area contributed by atoms with Crippen molar-refractivity contribution < 1.29 is 9.53 Å². The van der Waals surface area contributed by atoms with Gasteiger partial charge in [0.15, 0.2) is 5.78 Å². The van der Waals surface area contributed by atoms with E-state index in [1.165, 1.54) is 4.70 Å². The predicted molar refractivity (Wildman–Crippen MR) is 68.0 cm³/mol. The van der Waals surface area contributed by atoms with Crippen LogP contribution in [-0.4, -0.2) is 18.6 Å². The third-order valence-electron chi connectivity index (χ3n) is 2.68. The van der Waals surface area contributed by atoms with Crippen LogP contribution in [0.25, 0.3) is 10.1 Å². The van der Waals surface area contributed by atoms with E-state index >= 15 is 0 Å². The van der Waals surface area contributed by atoms with E-state index in [4.69, 9.17) is 4.74 Å². The standard InChI is InChI=1S/C12H10O2S2/c1-14-7-2-3-10-8(6-7)11-12(16-10)9(13)4-5-15-11/h2-3,6H,4-5H2,1H3. The first-order valence-electron chi connectivity index (χ1n) is 5.06. The quantitative estimate of drug-likeness (QED) is 0.773. The number of carbonyl (C=O) groups excluding carboxylic acids is 1. The number of ketones is 1. The minimum absolute atomic E-state index is 0.286. The highest BCUT2D eigenvalue weighted by molar-refractivity contribution is 7.99. The van der Waals surface area contributed by atoms with Crippen molar-refractivity contribution in [1.82, 2.24) is 0 Å². The molecule has 1 aromatic carbocycles. The minimum atomic E-state index is 0.286. The molecule has 0 fully saturated rings. The summed E-state index contributed by atoms with van der Waals surface area (Å²) < 4.78 is 6.39. The molecule has 2 nitrogen and oxygen atoms in total. The average molecular weight is 250 g/mol. The molecule has 0 N–H and O–H groups in total. The third-order valence-corrected chi connectivity index (χ3v) is 5.14. The van der Waals surface area contributed by atoms with Gasteiger partial charge in [0, 0.05) is 27.2 Å². The second-order valence-electron chi connectivity index (χ2n) is 3.64. The van der Waals surface area contributed by atoms with Crippen molar-refractivity contribution in [3.63, 3.8) is 0 Å². The van der Waals surface area contributed by atoms with Crippen LogP contribution in [0.4, 0.5) is 0 Å². The van der Waals surface area contributed by atoms with Crippen molar-refractivity contribution in [2.24, 2.45) is 0 Å². The Hall–Kier alpha value is -1.00. The molecule has 2 heterocycles. The number of fused-ring (bicyclic) bond motifs is 3. The number of benzene rings is 1. The number of methoxy groups -OCH3 is 1. The van der Waals surface area contributed by atoms with Crippen LogP contribution in [0.3, 0.4) is 0 Å². The van der Waals surface area contributed by atoms with Crippen LogP contribution in [0.2, 0.25) is 0 Å². The van der Waals surface area contributed by atoms with Crippen molar-refractivity contribution in [2.75, 3.05) is 12.9 Å². The Bertz CT molecular complexity index is 572. The van der Waals surface area contributed by atoms with Gasteiger partial charge < -0.3 is 4.74 Å². The SMILES string of the molecule is COc1ccc2sc3c(c2c1)SCCC3=O. The molecular formula is C12H10O2S2. The number of hydrogen-bond acceptors (Lipinski definition) is 4. The summed E-state index contributed by atoms with van der Waals surface area (Å²) in [5.41, 5.74) is 0.